The lowest BCUT2D eigenvalue weighted by Gasteiger charge is -2.11. The van der Waals surface area contributed by atoms with Crippen LogP contribution in [0.1, 0.15) is 12.5 Å². The van der Waals surface area contributed by atoms with Crippen molar-refractivity contribution in [3.63, 3.8) is 0 Å². The van der Waals surface area contributed by atoms with Gasteiger partial charge < -0.3 is 10.5 Å². The minimum atomic E-state index is 0.130. The molecule has 3 atom stereocenters. The van der Waals surface area contributed by atoms with Crippen molar-refractivity contribution >= 4 is 0 Å². The topological polar surface area (TPSA) is 35.2 Å². The molecule has 0 radical (unpaired) electrons. The van der Waals surface area contributed by atoms with Gasteiger partial charge in [-0.05, 0) is 12.1 Å². The van der Waals surface area contributed by atoms with Gasteiger partial charge in [-0.2, -0.15) is 0 Å². The van der Waals surface area contributed by atoms with E-state index < -0.39 is 0 Å². The van der Waals surface area contributed by atoms with Gasteiger partial charge in [0.1, 0.15) is 0 Å². The van der Waals surface area contributed by atoms with E-state index in [2.05, 4.69) is 31.2 Å². The van der Waals surface area contributed by atoms with E-state index in [0.29, 0.717) is 12.5 Å². The highest BCUT2D eigenvalue weighted by molar-refractivity contribution is 5.37. The second kappa shape index (κ2) is 3.37. The Morgan fingerprint density at radius 3 is 2.43 bits per heavy atom. The van der Waals surface area contributed by atoms with Crippen molar-refractivity contribution in [2.75, 3.05) is 13.7 Å². The van der Waals surface area contributed by atoms with Crippen LogP contribution in [0.3, 0.4) is 0 Å². The number of rotatable bonds is 3. The van der Waals surface area contributed by atoms with Crippen molar-refractivity contribution in [1.29, 1.82) is 0 Å². The molecule has 0 unspecified atom stereocenters. The van der Waals surface area contributed by atoms with E-state index in [1.54, 1.807) is 7.11 Å². The second-order valence-electron chi connectivity index (χ2n) is 4.15. The Labute approximate surface area is 85.1 Å². The normalized spacial score (nSPS) is 35.6. The molecule has 2 nitrogen and oxygen atoms in total. The fourth-order valence-corrected chi connectivity index (χ4v) is 2.51. The summed E-state index contributed by atoms with van der Waals surface area (Å²) in [6, 6.07) is 10.5. The number of benzene rings is 1. The molecule has 0 aliphatic heterocycles. The van der Waals surface area contributed by atoms with E-state index in [4.69, 9.17) is 10.5 Å². The van der Waals surface area contributed by atoms with Crippen molar-refractivity contribution in [2.45, 2.75) is 18.4 Å². The Hall–Kier alpha value is -0.860. The molecule has 76 valence electrons. The van der Waals surface area contributed by atoms with Crippen LogP contribution in [0, 0.1) is 5.92 Å². The van der Waals surface area contributed by atoms with Crippen molar-refractivity contribution in [3.05, 3.63) is 35.9 Å². The van der Waals surface area contributed by atoms with Crippen LogP contribution < -0.4 is 5.73 Å². The summed E-state index contributed by atoms with van der Waals surface area (Å²) >= 11 is 0. The molecule has 14 heavy (non-hydrogen) atoms. The largest absolute Gasteiger partial charge is 0.380 e. The first-order chi connectivity index (χ1) is 6.75. The molecule has 1 aliphatic carbocycles. The Bertz CT molecular complexity index is 299. The van der Waals surface area contributed by atoms with Crippen molar-refractivity contribution in [2.24, 2.45) is 11.7 Å². The molecule has 1 aromatic carbocycles. The van der Waals surface area contributed by atoms with Crippen LogP contribution in [0.2, 0.25) is 0 Å². The number of ether oxygens (including phenoxy) is 1. The zero-order valence-corrected chi connectivity index (χ0v) is 8.73. The van der Waals surface area contributed by atoms with Gasteiger partial charge in [-0.25, -0.2) is 0 Å². The summed E-state index contributed by atoms with van der Waals surface area (Å²) in [5.41, 5.74) is 7.20. The fourth-order valence-electron chi connectivity index (χ4n) is 2.51. The molecule has 0 aromatic heterocycles. The first kappa shape index (κ1) is 9.69. The smallest absolute Gasteiger partial charge is 0.0718 e. The maximum atomic E-state index is 5.73. The Kier molecular flexibility index (Phi) is 2.33. The predicted molar refractivity (Wildman–Crippen MR) is 57.1 cm³/mol. The Balaban J connectivity index is 2.27. The van der Waals surface area contributed by atoms with Gasteiger partial charge in [0.15, 0.2) is 0 Å². The van der Waals surface area contributed by atoms with Gasteiger partial charge in [0.2, 0.25) is 0 Å². The highest BCUT2D eigenvalue weighted by Crippen LogP contribution is 2.55. The summed E-state index contributed by atoms with van der Waals surface area (Å²) in [6.45, 7) is 2.93. The zero-order valence-electron chi connectivity index (χ0n) is 8.73. The average molecular weight is 191 g/mol. The molecule has 0 amide bonds. The van der Waals surface area contributed by atoms with Gasteiger partial charge in [0.05, 0.1) is 6.10 Å². The number of nitrogens with two attached hydrogens (primary N) is 1. The molecule has 0 saturated heterocycles. The van der Waals surface area contributed by atoms with Crippen molar-refractivity contribution in [3.8, 4) is 0 Å². The lowest BCUT2D eigenvalue weighted by Crippen LogP contribution is -2.11. The van der Waals surface area contributed by atoms with Crippen LogP contribution in [0.5, 0.6) is 0 Å². The Morgan fingerprint density at radius 2 is 2.00 bits per heavy atom. The van der Waals surface area contributed by atoms with Crippen molar-refractivity contribution in [1.82, 2.24) is 0 Å². The molecule has 1 aromatic rings. The zero-order chi connectivity index (χ0) is 10.2. The molecule has 0 bridgehead atoms. The van der Waals surface area contributed by atoms with Crippen LogP contribution in [-0.2, 0) is 10.2 Å². The molecule has 2 heteroatoms. The molecule has 0 heterocycles. The molecule has 1 aliphatic rings. The summed E-state index contributed by atoms with van der Waals surface area (Å²) in [5, 5.41) is 0. The SMILES string of the molecule is CO[C@H]1[C@@H](CN)[C@@]1(C)c1ccccc1. The third kappa shape index (κ3) is 1.18. The van der Waals surface area contributed by atoms with Gasteiger partial charge in [-0.15, -0.1) is 0 Å². The van der Waals surface area contributed by atoms with E-state index in [-0.39, 0.29) is 11.5 Å². The summed E-state index contributed by atoms with van der Waals surface area (Å²) in [7, 11) is 1.77. The van der Waals surface area contributed by atoms with E-state index in [0.717, 1.165) is 0 Å². The minimum absolute atomic E-state index is 0.130. The second-order valence-corrected chi connectivity index (χ2v) is 4.15. The molecular formula is C12H17NO. The standard InChI is InChI=1S/C12H17NO/c1-12(9-6-4-3-5-7-9)10(8-13)11(12)14-2/h3-7,10-11H,8,13H2,1-2H3/t10-,11+,12-/m1/s1. The summed E-state index contributed by atoms with van der Waals surface area (Å²) < 4.78 is 5.45. The quantitative estimate of drug-likeness (QED) is 0.786. The summed E-state index contributed by atoms with van der Waals surface area (Å²) in [5.74, 6) is 0.467. The number of hydrogen-bond donors (Lipinski definition) is 1. The van der Waals surface area contributed by atoms with E-state index in [1.807, 2.05) is 6.07 Å². The lowest BCUT2D eigenvalue weighted by molar-refractivity contribution is 0.157. The molecule has 2 N–H and O–H groups in total. The monoisotopic (exact) mass is 191 g/mol. The molecule has 1 fully saturated rings. The molecular weight excluding hydrogens is 174 g/mol. The van der Waals surface area contributed by atoms with Crippen LogP contribution in [0.4, 0.5) is 0 Å². The predicted octanol–water partition coefficient (Wildman–Crippen LogP) is 1.55. The number of methoxy groups -OCH3 is 1. The van der Waals surface area contributed by atoms with Gasteiger partial charge in [-0.3, -0.25) is 0 Å². The van der Waals surface area contributed by atoms with Gasteiger partial charge >= 0.3 is 0 Å². The van der Waals surface area contributed by atoms with Crippen LogP contribution in [-0.4, -0.2) is 19.8 Å². The van der Waals surface area contributed by atoms with Crippen LogP contribution in [0.25, 0.3) is 0 Å². The van der Waals surface area contributed by atoms with Crippen LogP contribution >= 0.6 is 0 Å². The number of hydrogen-bond acceptors (Lipinski definition) is 2. The van der Waals surface area contributed by atoms with Gasteiger partial charge in [-0.1, -0.05) is 37.3 Å². The minimum Gasteiger partial charge on any atom is -0.380 e. The summed E-state index contributed by atoms with van der Waals surface area (Å²) in [6.07, 6.45) is 0.287. The third-order valence-electron chi connectivity index (χ3n) is 3.52. The molecule has 0 spiro atoms. The maximum absolute atomic E-state index is 5.73. The molecule has 1 saturated carbocycles. The van der Waals surface area contributed by atoms with Gasteiger partial charge in [0.25, 0.3) is 0 Å². The third-order valence-corrected chi connectivity index (χ3v) is 3.52. The van der Waals surface area contributed by atoms with Crippen molar-refractivity contribution < 1.29 is 4.74 Å². The fraction of sp³-hybridized carbons (Fsp3) is 0.500. The van der Waals surface area contributed by atoms with Crippen LogP contribution in [0.15, 0.2) is 30.3 Å². The highest BCUT2D eigenvalue weighted by atomic mass is 16.5. The highest BCUT2D eigenvalue weighted by Gasteiger charge is 2.61. The Morgan fingerprint density at radius 1 is 1.36 bits per heavy atom. The van der Waals surface area contributed by atoms with E-state index >= 15 is 0 Å². The van der Waals surface area contributed by atoms with E-state index in [9.17, 15) is 0 Å². The summed E-state index contributed by atoms with van der Waals surface area (Å²) in [4.78, 5) is 0. The first-order valence-corrected chi connectivity index (χ1v) is 5.03. The van der Waals surface area contributed by atoms with E-state index in [1.165, 1.54) is 5.56 Å². The average Bonchev–Trinajstić information content (AvgIpc) is 2.85. The maximum Gasteiger partial charge on any atom is 0.0718 e. The lowest BCUT2D eigenvalue weighted by atomic mass is 9.95. The first-order valence-electron chi connectivity index (χ1n) is 5.03. The van der Waals surface area contributed by atoms with Gasteiger partial charge in [0, 0.05) is 18.4 Å². The molecule has 2 rings (SSSR count).